The van der Waals surface area contributed by atoms with Gasteiger partial charge in [-0.3, -0.25) is 9.52 Å². The van der Waals surface area contributed by atoms with Crippen LogP contribution in [-0.4, -0.2) is 32.0 Å². The maximum Gasteiger partial charge on any atom is 0.404 e. The molecule has 0 radical (unpaired) electrons. The molecule has 1 unspecified atom stereocenters. The van der Waals surface area contributed by atoms with Gasteiger partial charge in [0.05, 0.1) is 5.92 Å². The van der Waals surface area contributed by atoms with Crippen LogP contribution in [0, 0.1) is 0 Å². The largest absolute Gasteiger partial charge is 0.404 e. The number of carbonyl (C=O) groups excluding carboxylic acids is 1. The number of amides is 1. The van der Waals surface area contributed by atoms with Crippen molar-refractivity contribution in [2.45, 2.75) is 17.0 Å². The first-order chi connectivity index (χ1) is 9.18. The van der Waals surface area contributed by atoms with Crippen molar-refractivity contribution in [3.63, 3.8) is 0 Å². The Hall–Kier alpha value is -1.22. The fraction of sp³-hybridized carbons (Fsp3) is 0.364. The van der Waals surface area contributed by atoms with Crippen molar-refractivity contribution in [1.82, 2.24) is 4.72 Å². The molecule has 1 amide bonds. The molecule has 1 aliphatic rings. The third kappa shape index (κ3) is 3.66. The van der Waals surface area contributed by atoms with Crippen molar-refractivity contribution in [3.05, 3.63) is 29.8 Å². The molecule has 1 aliphatic heterocycles. The molecule has 110 valence electrons. The van der Waals surface area contributed by atoms with Crippen LogP contribution in [0.5, 0.6) is 0 Å². The summed E-state index contributed by atoms with van der Waals surface area (Å²) in [5, 5.41) is 0. The molecule has 9 heteroatoms. The summed E-state index contributed by atoms with van der Waals surface area (Å²) in [6, 6.07) is 6.90. The lowest BCUT2D eigenvalue weighted by Gasteiger charge is -2.13. The Morgan fingerprint density at radius 1 is 1.35 bits per heavy atom. The van der Waals surface area contributed by atoms with E-state index in [1.807, 2.05) is 0 Å². The molecule has 1 aromatic rings. The topological polar surface area (TPSA) is 63.2 Å². The van der Waals surface area contributed by atoms with Crippen LogP contribution in [-0.2, 0) is 14.8 Å². The minimum Gasteiger partial charge on any atom is -0.273 e. The molecule has 0 aliphatic carbocycles. The van der Waals surface area contributed by atoms with Gasteiger partial charge in [0.2, 0.25) is 15.9 Å². The van der Waals surface area contributed by atoms with Gasteiger partial charge >= 0.3 is 6.18 Å². The summed E-state index contributed by atoms with van der Waals surface area (Å²) in [4.78, 5) is 12.7. The molecule has 4 nitrogen and oxygen atoms in total. The molecular formula is C11H10F3NO3S2. The van der Waals surface area contributed by atoms with E-state index in [4.69, 9.17) is 0 Å². The van der Waals surface area contributed by atoms with Gasteiger partial charge in [0, 0.05) is 10.6 Å². The Labute approximate surface area is 117 Å². The van der Waals surface area contributed by atoms with Crippen LogP contribution in [0.4, 0.5) is 13.2 Å². The highest BCUT2D eigenvalue weighted by Crippen LogP contribution is 2.39. The van der Waals surface area contributed by atoms with Gasteiger partial charge in [0.15, 0.2) is 5.75 Å². The fourth-order valence-electron chi connectivity index (χ4n) is 1.86. The standard InChI is InChI=1S/C11H10F3NO3S2/c12-11(13,14)6-20(17,18)15-10(16)8-5-19-9-4-2-1-3-7(8)9/h1-4,8H,5-6H2,(H,15,16). The minimum absolute atomic E-state index is 0.312. The summed E-state index contributed by atoms with van der Waals surface area (Å²) >= 11 is 1.37. The number of halogens is 3. The number of hydrogen-bond donors (Lipinski definition) is 1. The predicted octanol–water partition coefficient (Wildman–Crippen LogP) is 1.88. The average molecular weight is 325 g/mol. The van der Waals surface area contributed by atoms with E-state index < -0.39 is 33.8 Å². The lowest BCUT2D eigenvalue weighted by Crippen LogP contribution is -2.39. The Balaban J connectivity index is 2.11. The van der Waals surface area contributed by atoms with Crippen LogP contribution in [0.25, 0.3) is 0 Å². The summed E-state index contributed by atoms with van der Waals surface area (Å²) in [6.07, 6.45) is -4.88. The second kappa shape index (κ2) is 5.28. The van der Waals surface area contributed by atoms with Gasteiger partial charge in [0.25, 0.3) is 0 Å². The van der Waals surface area contributed by atoms with Gasteiger partial charge in [-0.05, 0) is 11.6 Å². The highest BCUT2D eigenvalue weighted by Gasteiger charge is 2.38. The van der Waals surface area contributed by atoms with Gasteiger partial charge < -0.3 is 0 Å². The number of benzene rings is 1. The third-order valence-corrected chi connectivity index (χ3v) is 5.03. The van der Waals surface area contributed by atoms with E-state index in [1.54, 1.807) is 24.3 Å². The van der Waals surface area contributed by atoms with Gasteiger partial charge in [-0.2, -0.15) is 13.2 Å². The molecule has 1 aromatic carbocycles. The quantitative estimate of drug-likeness (QED) is 0.922. The molecule has 2 rings (SSSR count). The van der Waals surface area contributed by atoms with E-state index in [1.165, 1.54) is 16.5 Å². The van der Waals surface area contributed by atoms with Gasteiger partial charge in [-0.15, -0.1) is 11.8 Å². The maximum atomic E-state index is 12.1. The Morgan fingerprint density at radius 3 is 2.65 bits per heavy atom. The van der Waals surface area contributed by atoms with Crippen molar-refractivity contribution in [2.75, 3.05) is 11.5 Å². The van der Waals surface area contributed by atoms with E-state index >= 15 is 0 Å². The van der Waals surface area contributed by atoms with Crippen molar-refractivity contribution in [2.24, 2.45) is 0 Å². The number of alkyl halides is 3. The zero-order chi connectivity index (χ0) is 15.0. The van der Waals surface area contributed by atoms with Crippen molar-refractivity contribution in [3.8, 4) is 0 Å². The zero-order valence-electron chi connectivity index (χ0n) is 9.98. The number of rotatable bonds is 3. The van der Waals surface area contributed by atoms with Crippen molar-refractivity contribution >= 4 is 27.7 Å². The van der Waals surface area contributed by atoms with Crippen LogP contribution >= 0.6 is 11.8 Å². The highest BCUT2D eigenvalue weighted by atomic mass is 32.2. The van der Waals surface area contributed by atoms with Gasteiger partial charge in [-0.1, -0.05) is 18.2 Å². The molecule has 0 aromatic heterocycles. The number of carbonyl (C=O) groups is 1. The van der Waals surface area contributed by atoms with Gasteiger partial charge in [0.1, 0.15) is 0 Å². The molecule has 0 bridgehead atoms. The number of thioether (sulfide) groups is 1. The van der Waals surface area contributed by atoms with E-state index in [2.05, 4.69) is 0 Å². The minimum atomic E-state index is -4.88. The molecular weight excluding hydrogens is 315 g/mol. The predicted molar refractivity (Wildman–Crippen MR) is 67.9 cm³/mol. The highest BCUT2D eigenvalue weighted by molar-refractivity contribution is 7.99. The molecule has 0 saturated heterocycles. The van der Waals surface area contributed by atoms with E-state index in [0.717, 1.165) is 4.90 Å². The Kier molecular flexibility index (Phi) is 4.01. The summed E-state index contributed by atoms with van der Waals surface area (Å²) in [5.41, 5.74) is 0.636. The second-order valence-electron chi connectivity index (χ2n) is 4.24. The lowest BCUT2D eigenvalue weighted by atomic mass is 10.0. The SMILES string of the molecule is O=C(NS(=O)(=O)CC(F)(F)F)C1CSc2ccccc21. The second-order valence-corrected chi connectivity index (χ2v) is 7.03. The molecule has 0 saturated carbocycles. The number of hydrogen-bond acceptors (Lipinski definition) is 4. The first kappa shape index (κ1) is 15.2. The number of sulfonamides is 1. The van der Waals surface area contributed by atoms with Crippen LogP contribution in [0.1, 0.15) is 11.5 Å². The van der Waals surface area contributed by atoms with Crippen molar-refractivity contribution in [1.29, 1.82) is 0 Å². The third-order valence-electron chi connectivity index (χ3n) is 2.63. The Morgan fingerprint density at radius 2 is 2.00 bits per heavy atom. The number of fused-ring (bicyclic) bond motifs is 1. The smallest absolute Gasteiger partial charge is 0.273 e. The zero-order valence-corrected chi connectivity index (χ0v) is 11.6. The lowest BCUT2D eigenvalue weighted by molar-refractivity contribution is -0.120. The van der Waals surface area contributed by atoms with Crippen LogP contribution in [0.15, 0.2) is 29.2 Å². The molecule has 0 spiro atoms. The summed E-state index contributed by atoms with van der Waals surface area (Å²) in [6.45, 7) is 0. The maximum absolute atomic E-state index is 12.1. The monoisotopic (exact) mass is 325 g/mol. The summed E-state index contributed by atoms with van der Waals surface area (Å²) < 4.78 is 60.3. The first-order valence-electron chi connectivity index (χ1n) is 5.51. The molecule has 0 fully saturated rings. The molecule has 20 heavy (non-hydrogen) atoms. The van der Waals surface area contributed by atoms with Crippen molar-refractivity contribution < 1.29 is 26.4 Å². The van der Waals surface area contributed by atoms with Crippen LogP contribution < -0.4 is 4.72 Å². The average Bonchev–Trinajstić information content (AvgIpc) is 2.68. The molecule has 1 atom stereocenters. The first-order valence-corrected chi connectivity index (χ1v) is 8.14. The normalized spacial score (nSPS) is 18.6. The van der Waals surface area contributed by atoms with Crippen LogP contribution in [0.3, 0.4) is 0 Å². The Bertz CT molecular complexity index is 628. The number of nitrogens with one attached hydrogen (secondary N) is 1. The summed E-state index contributed by atoms with van der Waals surface area (Å²) in [5.74, 6) is -3.43. The van der Waals surface area contributed by atoms with Gasteiger partial charge in [-0.25, -0.2) is 8.42 Å². The summed E-state index contributed by atoms with van der Waals surface area (Å²) in [7, 11) is -4.71. The fourth-order valence-corrected chi connectivity index (χ4v) is 4.04. The van der Waals surface area contributed by atoms with Crippen LogP contribution in [0.2, 0.25) is 0 Å². The van der Waals surface area contributed by atoms with E-state index in [0.29, 0.717) is 11.3 Å². The van der Waals surface area contributed by atoms with E-state index in [-0.39, 0.29) is 0 Å². The molecule has 1 N–H and O–H groups in total. The van der Waals surface area contributed by atoms with E-state index in [9.17, 15) is 26.4 Å². The molecule has 1 heterocycles.